The number of thiazole rings is 1. The fourth-order valence-corrected chi connectivity index (χ4v) is 3.37. The number of likely N-dealkylation sites (tertiary alicyclic amines) is 1. The molecule has 4 heteroatoms. The van der Waals surface area contributed by atoms with E-state index in [0.29, 0.717) is 11.7 Å². The van der Waals surface area contributed by atoms with Gasteiger partial charge in [0.05, 0.1) is 5.01 Å². The Labute approximate surface area is 93.1 Å². The lowest BCUT2D eigenvalue weighted by molar-refractivity contribution is 0.0698. The van der Waals surface area contributed by atoms with Crippen LogP contribution in [-0.2, 0) is 0 Å². The molecule has 1 aromatic heterocycles. The number of carbonyl (C=O) groups is 1. The minimum Gasteiger partial charge on any atom is -0.334 e. The number of fused-ring (bicyclic) bond motifs is 2. The van der Waals surface area contributed by atoms with Gasteiger partial charge in [0.25, 0.3) is 5.91 Å². The van der Waals surface area contributed by atoms with Gasteiger partial charge in [0, 0.05) is 18.0 Å². The average Bonchev–Trinajstić information content (AvgIpc) is 2.90. The first-order chi connectivity index (χ1) is 7.24. The summed E-state index contributed by atoms with van der Waals surface area (Å²) in [6, 6.07) is 0.504. The highest BCUT2D eigenvalue weighted by Gasteiger charge is 2.40. The predicted octanol–water partition coefficient (Wildman–Crippen LogP) is 2.08. The van der Waals surface area contributed by atoms with Gasteiger partial charge in [0.2, 0.25) is 0 Å². The Bertz CT molecular complexity index is 401. The summed E-state index contributed by atoms with van der Waals surface area (Å²) in [5, 5.41) is 2.85. The third-order valence-electron chi connectivity index (χ3n) is 3.51. The van der Waals surface area contributed by atoms with Crippen LogP contribution in [0.1, 0.15) is 34.8 Å². The first-order valence-electron chi connectivity index (χ1n) is 5.47. The van der Waals surface area contributed by atoms with E-state index < -0.39 is 0 Å². The molecule has 1 saturated heterocycles. The van der Waals surface area contributed by atoms with Crippen LogP contribution in [0.5, 0.6) is 0 Å². The zero-order chi connectivity index (χ0) is 10.4. The van der Waals surface area contributed by atoms with Gasteiger partial charge in [-0.1, -0.05) is 0 Å². The molecule has 2 heterocycles. The largest absolute Gasteiger partial charge is 0.334 e. The van der Waals surface area contributed by atoms with Crippen LogP contribution >= 0.6 is 11.3 Å². The number of rotatable bonds is 1. The van der Waals surface area contributed by atoms with Crippen molar-refractivity contribution in [3.05, 3.63) is 16.1 Å². The Hall–Kier alpha value is -0.900. The quantitative estimate of drug-likeness (QED) is 0.729. The molecule has 2 aliphatic rings. The molecule has 0 aromatic carbocycles. The van der Waals surface area contributed by atoms with Gasteiger partial charge in [-0.2, -0.15) is 0 Å². The summed E-state index contributed by atoms with van der Waals surface area (Å²) < 4.78 is 0. The summed E-state index contributed by atoms with van der Waals surface area (Å²) in [5.41, 5.74) is 0.644. The van der Waals surface area contributed by atoms with Gasteiger partial charge in [0.15, 0.2) is 0 Å². The van der Waals surface area contributed by atoms with Gasteiger partial charge in [-0.3, -0.25) is 4.79 Å². The molecule has 2 unspecified atom stereocenters. The van der Waals surface area contributed by atoms with Crippen LogP contribution < -0.4 is 0 Å². The molecule has 3 nitrogen and oxygen atoms in total. The summed E-state index contributed by atoms with van der Waals surface area (Å²) >= 11 is 1.55. The van der Waals surface area contributed by atoms with Crippen LogP contribution in [0.3, 0.4) is 0 Å². The predicted molar refractivity (Wildman–Crippen MR) is 59.0 cm³/mol. The van der Waals surface area contributed by atoms with Crippen LogP contribution in [0.25, 0.3) is 0 Å². The Kier molecular flexibility index (Phi) is 2.06. The summed E-state index contributed by atoms with van der Waals surface area (Å²) in [5.74, 6) is 0.908. The van der Waals surface area contributed by atoms with E-state index in [1.807, 2.05) is 17.2 Å². The molecule has 3 rings (SSSR count). The molecular formula is C11H14N2OS. The van der Waals surface area contributed by atoms with Gasteiger partial charge < -0.3 is 4.90 Å². The van der Waals surface area contributed by atoms with Crippen molar-refractivity contribution in [3.8, 4) is 0 Å². The summed E-state index contributed by atoms with van der Waals surface area (Å²) in [6.45, 7) is 2.90. The van der Waals surface area contributed by atoms with E-state index in [9.17, 15) is 4.79 Å². The van der Waals surface area contributed by atoms with E-state index in [2.05, 4.69) is 4.98 Å². The number of carbonyl (C=O) groups excluding carboxylic acids is 1. The van der Waals surface area contributed by atoms with Crippen LogP contribution in [0.2, 0.25) is 0 Å². The molecule has 2 fully saturated rings. The lowest BCUT2D eigenvalue weighted by Gasteiger charge is -2.26. The first-order valence-corrected chi connectivity index (χ1v) is 6.35. The van der Waals surface area contributed by atoms with Crippen molar-refractivity contribution in [3.63, 3.8) is 0 Å². The normalized spacial score (nSPS) is 28.7. The molecule has 0 radical (unpaired) electrons. The highest BCUT2D eigenvalue weighted by molar-refractivity contribution is 7.09. The van der Waals surface area contributed by atoms with Gasteiger partial charge >= 0.3 is 0 Å². The van der Waals surface area contributed by atoms with E-state index >= 15 is 0 Å². The maximum atomic E-state index is 12.1. The Morgan fingerprint density at radius 1 is 1.60 bits per heavy atom. The van der Waals surface area contributed by atoms with Crippen molar-refractivity contribution < 1.29 is 4.79 Å². The Morgan fingerprint density at radius 3 is 3.00 bits per heavy atom. The molecule has 1 aliphatic heterocycles. The van der Waals surface area contributed by atoms with E-state index in [1.165, 1.54) is 19.3 Å². The monoisotopic (exact) mass is 222 g/mol. The second-order valence-electron chi connectivity index (χ2n) is 4.54. The van der Waals surface area contributed by atoms with Crippen molar-refractivity contribution in [1.29, 1.82) is 0 Å². The minimum absolute atomic E-state index is 0.145. The van der Waals surface area contributed by atoms with Crippen molar-refractivity contribution >= 4 is 17.2 Å². The number of hydrogen-bond acceptors (Lipinski definition) is 3. The van der Waals surface area contributed by atoms with E-state index in [-0.39, 0.29) is 5.91 Å². The summed E-state index contributed by atoms with van der Waals surface area (Å²) in [4.78, 5) is 18.4. The van der Waals surface area contributed by atoms with Crippen molar-refractivity contribution in [2.75, 3.05) is 6.54 Å². The number of hydrogen-bond donors (Lipinski definition) is 0. The Balaban J connectivity index is 1.81. The number of nitrogens with zero attached hydrogens (tertiary/aromatic N) is 2. The minimum atomic E-state index is 0.145. The molecule has 0 spiro atoms. The van der Waals surface area contributed by atoms with Crippen molar-refractivity contribution in [1.82, 2.24) is 9.88 Å². The molecule has 2 bridgehead atoms. The number of piperidine rings is 1. The zero-order valence-electron chi connectivity index (χ0n) is 8.77. The van der Waals surface area contributed by atoms with Crippen LogP contribution in [0, 0.1) is 12.8 Å². The molecule has 80 valence electrons. The topological polar surface area (TPSA) is 33.2 Å². The van der Waals surface area contributed by atoms with Gasteiger partial charge in [-0.15, -0.1) is 11.3 Å². The fraction of sp³-hybridized carbons (Fsp3) is 0.636. The molecular weight excluding hydrogens is 208 g/mol. The lowest BCUT2D eigenvalue weighted by atomic mass is 10.1. The maximum Gasteiger partial charge on any atom is 0.273 e. The first kappa shape index (κ1) is 9.33. The smallest absolute Gasteiger partial charge is 0.273 e. The SMILES string of the molecule is Cc1nc(C(=O)N2CC3CCC2C3)cs1. The second kappa shape index (κ2) is 3.30. The molecule has 0 N–H and O–H groups in total. The van der Waals surface area contributed by atoms with Crippen LogP contribution in [0.15, 0.2) is 5.38 Å². The Morgan fingerprint density at radius 2 is 2.47 bits per heavy atom. The van der Waals surface area contributed by atoms with Crippen molar-refractivity contribution in [2.45, 2.75) is 32.2 Å². The molecule has 1 aromatic rings. The van der Waals surface area contributed by atoms with Gasteiger partial charge in [0.1, 0.15) is 5.69 Å². The average molecular weight is 222 g/mol. The molecule has 15 heavy (non-hydrogen) atoms. The maximum absolute atomic E-state index is 12.1. The third kappa shape index (κ3) is 1.47. The lowest BCUT2D eigenvalue weighted by Crippen LogP contribution is -2.37. The molecule has 2 atom stereocenters. The molecule has 1 saturated carbocycles. The number of aromatic nitrogens is 1. The summed E-state index contributed by atoms with van der Waals surface area (Å²) in [6.07, 6.45) is 3.72. The molecule has 1 aliphatic carbocycles. The summed E-state index contributed by atoms with van der Waals surface area (Å²) in [7, 11) is 0. The highest BCUT2D eigenvalue weighted by atomic mass is 32.1. The van der Waals surface area contributed by atoms with E-state index in [1.54, 1.807) is 11.3 Å². The second-order valence-corrected chi connectivity index (χ2v) is 5.60. The zero-order valence-corrected chi connectivity index (χ0v) is 9.59. The standard InChI is InChI=1S/C11H14N2OS/c1-7-12-10(6-15-7)11(14)13-5-8-2-3-9(13)4-8/h6,8-9H,2-5H2,1H3. The van der Waals surface area contributed by atoms with E-state index in [4.69, 9.17) is 0 Å². The molecule has 1 amide bonds. The number of amides is 1. The van der Waals surface area contributed by atoms with Gasteiger partial charge in [-0.05, 0) is 32.1 Å². The third-order valence-corrected chi connectivity index (χ3v) is 4.28. The van der Waals surface area contributed by atoms with E-state index in [0.717, 1.165) is 17.5 Å². The van der Waals surface area contributed by atoms with Crippen molar-refractivity contribution in [2.24, 2.45) is 5.92 Å². The highest BCUT2D eigenvalue weighted by Crippen LogP contribution is 2.38. The van der Waals surface area contributed by atoms with Crippen LogP contribution in [0.4, 0.5) is 0 Å². The fourth-order valence-electron chi connectivity index (χ4n) is 2.78. The van der Waals surface area contributed by atoms with Gasteiger partial charge in [-0.25, -0.2) is 4.98 Å². The van der Waals surface area contributed by atoms with Crippen LogP contribution in [-0.4, -0.2) is 28.4 Å². The number of aryl methyl sites for hydroxylation is 1.